The predicted octanol–water partition coefficient (Wildman–Crippen LogP) is 6.97. The van der Waals surface area contributed by atoms with Gasteiger partial charge < -0.3 is 14.6 Å². The molecule has 0 aliphatic rings. The second-order valence-corrected chi connectivity index (χ2v) is 9.64. The minimum Gasteiger partial charge on any atom is -0.493 e. The number of carbonyl (C=O) groups is 3. The molecule has 0 radical (unpaired) electrons. The van der Waals surface area contributed by atoms with Crippen LogP contribution in [0.5, 0.6) is 5.75 Å². The third-order valence-electron chi connectivity index (χ3n) is 6.07. The Labute approximate surface area is 235 Å². The van der Waals surface area contributed by atoms with Gasteiger partial charge in [0, 0.05) is 22.4 Å². The molecule has 0 fully saturated rings. The lowest BCUT2D eigenvalue weighted by molar-refractivity contribution is -0.136. The first-order valence-electron chi connectivity index (χ1n) is 13.0. The molecule has 3 aromatic carbocycles. The molecule has 7 heteroatoms. The van der Waals surface area contributed by atoms with Gasteiger partial charge in [-0.3, -0.25) is 9.59 Å². The summed E-state index contributed by atoms with van der Waals surface area (Å²) in [5.41, 5.74) is 3.97. The monoisotopic (exact) mass is 546 g/mol. The molecule has 0 saturated carbocycles. The highest BCUT2D eigenvalue weighted by atomic mass is 32.1. The van der Waals surface area contributed by atoms with Crippen LogP contribution in [0, 0.1) is 6.92 Å². The van der Waals surface area contributed by atoms with E-state index in [9.17, 15) is 19.5 Å². The zero-order valence-corrected chi connectivity index (χ0v) is 23.2. The van der Waals surface area contributed by atoms with Crippen LogP contribution in [0.3, 0.4) is 0 Å². The van der Waals surface area contributed by atoms with Crippen LogP contribution in [0.15, 0.2) is 71.6 Å². The van der Waals surface area contributed by atoms with Crippen molar-refractivity contribution < 1.29 is 29.0 Å². The van der Waals surface area contributed by atoms with Crippen LogP contribution in [0.2, 0.25) is 0 Å². The number of esters is 1. The molecule has 0 unspecified atom stereocenters. The molecule has 0 aromatic heterocycles. The van der Waals surface area contributed by atoms with Crippen molar-refractivity contribution >= 4 is 36.4 Å². The molecular formula is C32H34O6S. The highest BCUT2D eigenvalue weighted by Gasteiger charge is 2.16. The van der Waals surface area contributed by atoms with E-state index in [1.54, 1.807) is 43.3 Å². The number of benzene rings is 3. The Kier molecular flexibility index (Phi) is 11.4. The molecule has 6 nitrogen and oxygen atoms in total. The molecule has 1 N–H and O–H groups in total. The van der Waals surface area contributed by atoms with Crippen molar-refractivity contribution in [1.82, 2.24) is 0 Å². The Balaban J connectivity index is 1.62. The minimum absolute atomic E-state index is 0.0801. The fraction of sp³-hybridized carbons (Fsp3) is 0.281. The molecule has 0 heterocycles. The van der Waals surface area contributed by atoms with Crippen molar-refractivity contribution in [3.8, 4) is 5.75 Å². The van der Waals surface area contributed by atoms with Crippen molar-refractivity contribution in [2.45, 2.75) is 50.8 Å². The molecular weight excluding hydrogens is 512 g/mol. The summed E-state index contributed by atoms with van der Waals surface area (Å²) in [4.78, 5) is 37.4. The third-order valence-corrected chi connectivity index (χ3v) is 6.46. The third kappa shape index (κ3) is 9.14. The van der Waals surface area contributed by atoms with Crippen LogP contribution in [0.1, 0.15) is 75.6 Å². The molecule has 3 aromatic rings. The number of ether oxygens (including phenoxy) is 2. The summed E-state index contributed by atoms with van der Waals surface area (Å²) in [5, 5.41) is 9.20. The van der Waals surface area contributed by atoms with Crippen molar-refractivity contribution in [3.63, 3.8) is 0 Å². The highest BCUT2D eigenvalue weighted by molar-refractivity contribution is 7.80. The lowest BCUT2D eigenvalue weighted by atomic mass is 9.98. The Hall–Kier alpha value is -3.84. The summed E-state index contributed by atoms with van der Waals surface area (Å²) in [6, 6.07) is 17.6. The van der Waals surface area contributed by atoms with E-state index in [2.05, 4.69) is 36.9 Å². The first-order valence-corrected chi connectivity index (χ1v) is 13.5. The average molecular weight is 547 g/mol. The summed E-state index contributed by atoms with van der Waals surface area (Å²) < 4.78 is 11.0. The van der Waals surface area contributed by atoms with Crippen molar-refractivity contribution in [3.05, 3.63) is 100 Å². The van der Waals surface area contributed by atoms with Crippen molar-refractivity contribution in [1.29, 1.82) is 0 Å². The van der Waals surface area contributed by atoms with Gasteiger partial charge in [0.25, 0.3) is 0 Å². The lowest BCUT2D eigenvalue weighted by Gasteiger charge is -2.13. The Morgan fingerprint density at radius 2 is 1.72 bits per heavy atom. The maximum Gasteiger partial charge on any atom is 0.338 e. The summed E-state index contributed by atoms with van der Waals surface area (Å²) in [5.74, 6) is -1.11. The van der Waals surface area contributed by atoms with Gasteiger partial charge in [-0.2, -0.15) is 0 Å². The molecule has 0 bridgehead atoms. The number of carboxylic acids is 1. The first-order chi connectivity index (χ1) is 18.8. The van der Waals surface area contributed by atoms with E-state index in [4.69, 9.17) is 9.47 Å². The fourth-order valence-electron chi connectivity index (χ4n) is 4.02. The van der Waals surface area contributed by atoms with E-state index in [1.807, 2.05) is 13.0 Å². The molecule has 0 atom stereocenters. The topological polar surface area (TPSA) is 89.9 Å². The number of aliphatic carboxylic acids is 1. The van der Waals surface area contributed by atoms with Gasteiger partial charge in [-0.25, -0.2) is 4.79 Å². The van der Waals surface area contributed by atoms with E-state index < -0.39 is 11.9 Å². The smallest absolute Gasteiger partial charge is 0.338 e. The van der Waals surface area contributed by atoms with Gasteiger partial charge in [-0.15, -0.1) is 12.6 Å². The first kappa shape index (κ1) is 29.7. The summed E-state index contributed by atoms with van der Waals surface area (Å²) >= 11 is 4.52. The molecule has 39 heavy (non-hydrogen) atoms. The Morgan fingerprint density at radius 3 is 2.46 bits per heavy atom. The van der Waals surface area contributed by atoms with Crippen LogP contribution in [-0.4, -0.2) is 36.0 Å². The number of hydrogen-bond donors (Lipinski definition) is 2. The normalized spacial score (nSPS) is 10.9. The summed E-state index contributed by atoms with van der Waals surface area (Å²) in [6.45, 7) is 4.48. The summed E-state index contributed by atoms with van der Waals surface area (Å²) in [7, 11) is 0. The molecule has 0 saturated heterocycles. The maximum atomic E-state index is 13.2. The number of hydrogen-bond acceptors (Lipinski definition) is 6. The van der Waals surface area contributed by atoms with E-state index >= 15 is 0 Å². The predicted molar refractivity (Wildman–Crippen MR) is 155 cm³/mol. The maximum absolute atomic E-state index is 13.2. The van der Waals surface area contributed by atoms with E-state index in [-0.39, 0.29) is 25.2 Å². The molecule has 0 amide bonds. The largest absolute Gasteiger partial charge is 0.493 e. The number of ketones is 1. The number of carbonyl (C=O) groups excluding carboxylic acids is 2. The number of aryl methyl sites for hydroxylation is 2. The molecule has 0 spiro atoms. The zero-order valence-electron chi connectivity index (χ0n) is 22.3. The van der Waals surface area contributed by atoms with Crippen molar-refractivity contribution in [2.75, 3.05) is 13.2 Å². The standard InChI is InChI=1S/C32H34O6S/c1-3-37-32(36)27-11-8-10-25(21-27)31(35)26-14-16-28(24(20-26)15-17-30(33)34)38-18-7-5-4-6-9-23-13-12-22(2)19-29(23)39/h6,8-14,16,19-21,39H,3-5,7,15,17-18H2,1-2H3,(H,33,34). The minimum atomic E-state index is -0.926. The van der Waals surface area contributed by atoms with Gasteiger partial charge in [-0.1, -0.05) is 36.4 Å². The number of unbranched alkanes of at least 4 members (excludes halogenated alkanes) is 2. The second-order valence-electron chi connectivity index (χ2n) is 9.16. The second kappa shape index (κ2) is 14.9. The zero-order chi connectivity index (χ0) is 28.2. The molecule has 204 valence electrons. The van der Waals surface area contributed by atoms with Gasteiger partial charge >= 0.3 is 11.9 Å². The highest BCUT2D eigenvalue weighted by Crippen LogP contribution is 2.25. The van der Waals surface area contributed by atoms with Gasteiger partial charge in [0.1, 0.15) is 5.75 Å². The summed E-state index contributed by atoms with van der Waals surface area (Å²) in [6.07, 6.45) is 7.01. The van der Waals surface area contributed by atoms with Gasteiger partial charge in [0.2, 0.25) is 0 Å². The Morgan fingerprint density at radius 1 is 0.949 bits per heavy atom. The van der Waals surface area contributed by atoms with Crippen molar-refractivity contribution in [2.24, 2.45) is 0 Å². The SMILES string of the molecule is CCOC(=O)c1cccc(C(=O)c2ccc(OCCCCC=Cc3ccc(C)cc3S)c(CCC(=O)O)c2)c1. The fourth-order valence-corrected chi connectivity index (χ4v) is 4.37. The number of allylic oxidation sites excluding steroid dienone is 1. The van der Waals surface area contributed by atoms with Gasteiger partial charge in [0.05, 0.1) is 18.8 Å². The molecule has 0 aliphatic carbocycles. The number of thiol groups is 1. The van der Waals surface area contributed by atoms with Crippen LogP contribution in [-0.2, 0) is 16.0 Å². The molecule has 0 aliphatic heterocycles. The quantitative estimate of drug-likeness (QED) is 0.0982. The van der Waals surface area contributed by atoms with Gasteiger partial charge in [-0.05, 0) is 92.6 Å². The average Bonchev–Trinajstić information content (AvgIpc) is 2.92. The van der Waals surface area contributed by atoms with Gasteiger partial charge in [0.15, 0.2) is 5.78 Å². The van der Waals surface area contributed by atoms with Crippen LogP contribution >= 0.6 is 12.6 Å². The van der Waals surface area contributed by atoms with E-state index in [0.29, 0.717) is 34.6 Å². The van der Waals surface area contributed by atoms with Crippen LogP contribution < -0.4 is 4.74 Å². The lowest BCUT2D eigenvalue weighted by Crippen LogP contribution is -2.09. The number of rotatable bonds is 14. The Bertz CT molecular complexity index is 1340. The van der Waals surface area contributed by atoms with E-state index in [0.717, 1.165) is 29.7 Å². The van der Waals surface area contributed by atoms with Crippen LogP contribution in [0.4, 0.5) is 0 Å². The number of carboxylic acid groups (broad SMARTS) is 1. The van der Waals surface area contributed by atoms with E-state index in [1.165, 1.54) is 11.6 Å². The van der Waals surface area contributed by atoms with Crippen LogP contribution in [0.25, 0.3) is 6.08 Å². The molecule has 3 rings (SSSR count).